The van der Waals surface area contributed by atoms with Crippen molar-refractivity contribution in [2.75, 3.05) is 25.4 Å². The summed E-state index contributed by atoms with van der Waals surface area (Å²) in [5, 5.41) is 3.22. The maximum Gasteiger partial charge on any atom is 0.255 e. The van der Waals surface area contributed by atoms with E-state index in [9.17, 15) is 9.59 Å². The van der Waals surface area contributed by atoms with Gasteiger partial charge in [0.15, 0.2) is 0 Å². The number of amides is 2. The molecule has 1 fully saturated rings. The van der Waals surface area contributed by atoms with E-state index >= 15 is 0 Å². The van der Waals surface area contributed by atoms with Crippen molar-refractivity contribution in [2.24, 2.45) is 5.92 Å². The van der Waals surface area contributed by atoms with Gasteiger partial charge in [0.2, 0.25) is 5.91 Å². The summed E-state index contributed by atoms with van der Waals surface area (Å²) in [5.41, 5.74) is 6.68. The molecule has 0 aliphatic carbocycles. The highest BCUT2D eigenvalue weighted by molar-refractivity contribution is 6.34. The molecule has 1 aromatic rings. The quantitative estimate of drug-likeness (QED) is 0.825. The van der Waals surface area contributed by atoms with Gasteiger partial charge in [-0.3, -0.25) is 9.59 Å². The van der Waals surface area contributed by atoms with E-state index in [2.05, 4.69) is 5.32 Å². The van der Waals surface area contributed by atoms with Crippen LogP contribution in [0.3, 0.4) is 0 Å². The number of hydrogen-bond donors (Lipinski definition) is 2. The third-order valence-electron chi connectivity index (χ3n) is 3.76. The van der Waals surface area contributed by atoms with Crippen molar-refractivity contribution in [2.45, 2.75) is 19.8 Å². The molecule has 0 saturated carbocycles. The van der Waals surface area contributed by atoms with Crippen LogP contribution in [0.25, 0.3) is 0 Å². The number of benzene rings is 1. The van der Waals surface area contributed by atoms with Gasteiger partial charge in [-0.25, -0.2) is 0 Å². The fourth-order valence-corrected chi connectivity index (χ4v) is 2.77. The summed E-state index contributed by atoms with van der Waals surface area (Å²) in [6, 6.07) is 4.95. The third kappa shape index (κ3) is 4.78. The Balaban J connectivity index is 0.00000242. The van der Waals surface area contributed by atoms with Crippen LogP contribution in [-0.4, -0.2) is 36.3 Å². The maximum absolute atomic E-state index is 12.4. The molecular formula is C15H21Cl2N3O2. The smallest absolute Gasteiger partial charge is 0.255 e. The lowest BCUT2D eigenvalue weighted by Crippen LogP contribution is -2.41. The number of hydrogen-bond acceptors (Lipinski definition) is 3. The minimum atomic E-state index is -0.0574. The monoisotopic (exact) mass is 345 g/mol. The Bertz CT molecular complexity index is 544. The number of nitrogens with one attached hydrogen (secondary N) is 1. The van der Waals surface area contributed by atoms with Gasteiger partial charge in [-0.1, -0.05) is 11.6 Å². The van der Waals surface area contributed by atoms with Crippen molar-refractivity contribution in [3.8, 4) is 0 Å². The number of carbonyl (C=O) groups excluding carboxylic acids is 2. The molecule has 7 heteroatoms. The summed E-state index contributed by atoms with van der Waals surface area (Å²) in [6.45, 7) is 3.56. The van der Waals surface area contributed by atoms with Crippen molar-refractivity contribution < 1.29 is 9.59 Å². The Morgan fingerprint density at radius 2 is 2.00 bits per heavy atom. The van der Waals surface area contributed by atoms with Gasteiger partial charge in [0.1, 0.15) is 0 Å². The maximum atomic E-state index is 12.4. The lowest BCUT2D eigenvalue weighted by atomic mass is 9.96. The lowest BCUT2D eigenvalue weighted by molar-refractivity contribution is -0.119. The van der Waals surface area contributed by atoms with Crippen LogP contribution in [0.5, 0.6) is 0 Å². The minimum absolute atomic E-state index is 0. The number of nitrogens with two attached hydrogens (primary N) is 1. The fourth-order valence-electron chi connectivity index (χ4n) is 2.50. The number of anilines is 1. The Labute approximate surface area is 141 Å². The topological polar surface area (TPSA) is 75.4 Å². The van der Waals surface area contributed by atoms with Gasteiger partial charge in [-0.2, -0.15) is 0 Å². The van der Waals surface area contributed by atoms with Crippen molar-refractivity contribution >= 4 is 41.5 Å². The van der Waals surface area contributed by atoms with Gasteiger partial charge in [-0.05, 0) is 37.0 Å². The van der Waals surface area contributed by atoms with E-state index in [0.717, 1.165) is 12.8 Å². The molecule has 0 radical (unpaired) electrons. The van der Waals surface area contributed by atoms with E-state index in [1.165, 1.54) is 6.92 Å². The van der Waals surface area contributed by atoms with Crippen LogP contribution >= 0.6 is 24.0 Å². The van der Waals surface area contributed by atoms with Crippen molar-refractivity contribution in [1.82, 2.24) is 10.2 Å². The van der Waals surface area contributed by atoms with Gasteiger partial charge < -0.3 is 16.0 Å². The van der Waals surface area contributed by atoms with Gasteiger partial charge in [0.05, 0.1) is 10.6 Å². The lowest BCUT2D eigenvalue weighted by Gasteiger charge is -2.32. The molecule has 0 bridgehead atoms. The summed E-state index contributed by atoms with van der Waals surface area (Å²) in [6.07, 6.45) is 1.78. The number of likely N-dealkylation sites (tertiary alicyclic amines) is 1. The molecule has 3 N–H and O–H groups in total. The Kier molecular flexibility index (Phi) is 6.97. The zero-order chi connectivity index (χ0) is 15.4. The minimum Gasteiger partial charge on any atom is -0.399 e. The molecule has 22 heavy (non-hydrogen) atoms. The number of piperidine rings is 1. The molecule has 0 unspecified atom stereocenters. The van der Waals surface area contributed by atoms with Crippen LogP contribution in [0.15, 0.2) is 18.2 Å². The average Bonchev–Trinajstić information content (AvgIpc) is 2.45. The van der Waals surface area contributed by atoms with E-state index in [0.29, 0.717) is 41.8 Å². The molecule has 1 aromatic carbocycles. The second kappa shape index (κ2) is 8.25. The van der Waals surface area contributed by atoms with Crippen LogP contribution in [0.2, 0.25) is 5.02 Å². The third-order valence-corrected chi connectivity index (χ3v) is 4.08. The highest BCUT2D eigenvalue weighted by atomic mass is 35.5. The predicted octanol–water partition coefficient (Wildman–Crippen LogP) is 2.33. The van der Waals surface area contributed by atoms with Crippen LogP contribution in [0.1, 0.15) is 30.1 Å². The Hall–Kier alpha value is -1.46. The summed E-state index contributed by atoms with van der Waals surface area (Å²) in [5.74, 6) is 0.361. The molecule has 1 heterocycles. The Morgan fingerprint density at radius 3 is 2.55 bits per heavy atom. The predicted molar refractivity (Wildman–Crippen MR) is 90.4 cm³/mol. The average molecular weight is 346 g/mol. The van der Waals surface area contributed by atoms with E-state index in [1.54, 1.807) is 18.2 Å². The highest BCUT2D eigenvalue weighted by Gasteiger charge is 2.24. The summed E-state index contributed by atoms with van der Waals surface area (Å²) < 4.78 is 0. The van der Waals surface area contributed by atoms with Crippen LogP contribution in [0.4, 0.5) is 5.69 Å². The van der Waals surface area contributed by atoms with Gasteiger partial charge in [0, 0.05) is 32.2 Å². The first-order chi connectivity index (χ1) is 9.97. The van der Waals surface area contributed by atoms with Gasteiger partial charge in [0.25, 0.3) is 5.91 Å². The molecule has 0 atom stereocenters. The van der Waals surface area contributed by atoms with E-state index in [1.807, 2.05) is 4.90 Å². The number of rotatable bonds is 3. The second-order valence-corrected chi connectivity index (χ2v) is 5.82. The van der Waals surface area contributed by atoms with Gasteiger partial charge >= 0.3 is 0 Å². The fraction of sp³-hybridized carbons (Fsp3) is 0.467. The number of halogens is 2. The Morgan fingerprint density at radius 1 is 1.36 bits per heavy atom. The van der Waals surface area contributed by atoms with Crippen LogP contribution < -0.4 is 11.1 Å². The molecule has 122 valence electrons. The first-order valence-electron chi connectivity index (χ1n) is 7.06. The standard InChI is InChI=1S/C15H20ClN3O2.ClH/c1-10(20)18-9-11-4-6-19(7-5-11)15(21)13-3-2-12(17)8-14(13)16;/h2-3,8,11H,4-7,9,17H2,1H3,(H,18,20);1H. The molecule has 2 amide bonds. The summed E-state index contributed by atoms with van der Waals surface area (Å²) in [7, 11) is 0. The van der Waals surface area contributed by atoms with Crippen LogP contribution in [-0.2, 0) is 4.79 Å². The van der Waals surface area contributed by atoms with Crippen molar-refractivity contribution in [3.05, 3.63) is 28.8 Å². The van der Waals surface area contributed by atoms with Crippen LogP contribution in [0, 0.1) is 5.92 Å². The SMILES string of the molecule is CC(=O)NCC1CCN(C(=O)c2ccc(N)cc2Cl)CC1.Cl. The van der Waals surface area contributed by atoms with E-state index in [-0.39, 0.29) is 24.2 Å². The van der Waals surface area contributed by atoms with E-state index < -0.39 is 0 Å². The molecular weight excluding hydrogens is 325 g/mol. The number of nitrogen functional groups attached to an aromatic ring is 1. The molecule has 0 spiro atoms. The molecule has 0 aromatic heterocycles. The largest absolute Gasteiger partial charge is 0.399 e. The first kappa shape index (κ1) is 18.6. The van der Waals surface area contributed by atoms with E-state index in [4.69, 9.17) is 17.3 Å². The molecule has 5 nitrogen and oxygen atoms in total. The summed E-state index contributed by atoms with van der Waals surface area (Å²) in [4.78, 5) is 25.2. The molecule has 1 aliphatic rings. The molecule has 1 aliphatic heterocycles. The normalized spacial score (nSPS) is 15.1. The van der Waals surface area contributed by atoms with Crippen molar-refractivity contribution in [3.63, 3.8) is 0 Å². The zero-order valence-electron chi connectivity index (χ0n) is 12.5. The number of nitrogens with zero attached hydrogens (tertiary/aromatic N) is 1. The number of carbonyl (C=O) groups is 2. The molecule has 1 saturated heterocycles. The highest BCUT2D eigenvalue weighted by Crippen LogP contribution is 2.23. The van der Waals surface area contributed by atoms with Gasteiger partial charge in [-0.15, -0.1) is 12.4 Å². The zero-order valence-corrected chi connectivity index (χ0v) is 14.0. The van der Waals surface area contributed by atoms with Crippen molar-refractivity contribution in [1.29, 1.82) is 0 Å². The summed E-state index contributed by atoms with van der Waals surface area (Å²) >= 11 is 6.08. The second-order valence-electron chi connectivity index (χ2n) is 5.41. The first-order valence-corrected chi connectivity index (χ1v) is 7.44. The molecule has 2 rings (SSSR count).